The number of para-hydroxylation sites is 2. The highest BCUT2D eigenvalue weighted by Gasteiger charge is 2.20. The summed E-state index contributed by atoms with van der Waals surface area (Å²) in [5.41, 5.74) is 5.02. The van der Waals surface area contributed by atoms with Crippen molar-refractivity contribution in [2.45, 2.75) is 13.5 Å². The smallest absolute Gasteiger partial charge is 0.254 e. The summed E-state index contributed by atoms with van der Waals surface area (Å²) in [7, 11) is 1.63. The third-order valence-electron chi connectivity index (χ3n) is 4.99. The van der Waals surface area contributed by atoms with Crippen molar-refractivity contribution >= 4 is 16.8 Å². The van der Waals surface area contributed by atoms with E-state index in [-0.39, 0.29) is 5.91 Å². The highest BCUT2D eigenvalue weighted by atomic mass is 16.5. The molecule has 1 amide bonds. The Morgan fingerprint density at radius 3 is 2.41 bits per heavy atom. The predicted molar refractivity (Wildman–Crippen MR) is 116 cm³/mol. The molecule has 0 saturated carbocycles. The van der Waals surface area contributed by atoms with Crippen LogP contribution in [0.1, 0.15) is 21.6 Å². The van der Waals surface area contributed by atoms with E-state index in [1.807, 2.05) is 85.8 Å². The Morgan fingerprint density at radius 2 is 1.62 bits per heavy atom. The van der Waals surface area contributed by atoms with Gasteiger partial charge in [-0.2, -0.15) is 0 Å². The van der Waals surface area contributed by atoms with Crippen molar-refractivity contribution in [2.24, 2.45) is 0 Å². The van der Waals surface area contributed by atoms with Crippen LogP contribution in [0.5, 0.6) is 5.75 Å². The van der Waals surface area contributed by atoms with E-state index in [2.05, 4.69) is 10.3 Å². The minimum Gasteiger partial charge on any atom is -0.496 e. The number of ether oxygens (including phenoxy) is 1. The highest BCUT2D eigenvalue weighted by molar-refractivity contribution is 6.09. The molecule has 1 heterocycles. The number of fused-ring (bicyclic) bond motifs is 1. The summed E-state index contributed by atoms with van der Waals surface area (Å²) >= 11 is 0. The van der Waals surface area contributed by atoms with Gasteiger partial charge in [0.1, 0.15) is 5.75 Å². The Labute approximate surface area is 170 Å². The number of rotatable bonds is 5. The van der Waals surface area contributed by atoms with Gasteiger partial charge in [-0.05, 0) is 24.6 Å². The number of nitrogens with one attached hydrogen (secondary N) is 1. The normalized spacial score (nSPS) is 10.7. The quantitative estimate of drug-likeness (QED) is 0.519. The maximum Gasteiger partial charge on any atom is 0.254 e. The van der Waals surface area contributed by atoms with Crippen LogP contribution in [-0.2, 0) is 6.54 Å². The minimum absolute atomic E-state index is 0.148. The summed E-state index contributed by atoms with van der Waals surface area (Å²) in [4.78, 5) is 18.0. The number of amides is 1. The van der Waals surface area contributed by atoms with Crippen molar-refractivity contribution in [3.8, 4) is 16.9 Å². The van der Waals surface area contributed by atoms with Crippen LogP contribution >= 0.6 is 0 Å². The molecule has 4 rings (SSSR count). The molecule has 0 radical (unpaired) electrons. The Kier molecular flexibility index (Phi) is 5.25. The lowest BCUT2D eigenvalue weighted by atomic mass is 9.94. The molecule has 3 aromatic carbocycles. The van der Waals surface area contributed by atoms with Crippen LogP contribution in [0.3, 0.4) is 0 Å². The first-order valence-corrected chi connectivity index (χ1v) is 9.54. The van der Waals surface area contributed by atoms with E-state index < -0.39 is 0 Å². The number of methoxy groups -OCH3 is 1. The topological polar surface area (TPSA) is 51.2 Å². The first-order valence-electron chi connectivity index (χ1n) is 9.54. The van der Waals surface area contributed by atoms with E-state index >= 15 is 0 Å². The molecule has 0 spiro atoms. The molecule has 0 aliphatic rings. The van der Waals surface area contributed by atoms with Gasteiger partial charge in [-0.25, -0.2) is 0 Å². The van der Waals surface area contributed by atoms with E-state index in [0.29, 0.717) is 17.8 Å². The van der Waals surface area contributed by atoms with Crippen LogP contribution in [0.25, 0.3) is 22.0 Å². The molecule has 0 aliphatic heterocycles. The summed E-state index contributed by atoms with van der Waals surface area (Å²) in [6.07, 6.45) is 0. The Hall–Kier alpha value is -3.66. The van der Waals surface area contributed by atoms with Gasteiger partial charge in [0.2, 0.25) is 0 Å². The Balaban J connectivity index is 1.78. The van der Waals surface area contributed by atoms with Gasteiger partial charge in [-0.15, -0.1) is 0 Å². The molecule has 0 unspecified atom stereocenters. The number of carbonyl (C=O) groups is 1. The first kappa shape index (κ1) is 18.7. The second-order valence-corrected chi connectivity index (χ2v) is 6.82. The summed E-state index contributed by atoms with van der Waals surface area (Å²) in [5, 5.41) is 4.01. The number of carbonyl (C=O) groups excluding carboxylic acids is 1. The zero-order valence-electron chi connectivity index (χ0n) is 16.5. The van der Waals surface area contributed by atoms with E-state index in [9.17, 15) is 4.79 Å². The molecule has 0 aliphatic carbocycles. The van der Waals surface area contributed by atoms with Crippen molar-refractivity contribution in [3.05, 3.63) is 95.7 Å². The fourth-order valence-corrected chi connectivity index (χ4v) is 3.63. The van der Waals surface area contributed by atoms with E-state index in [1.165, 1.54) is 0 Å². The standard InChI is InChI=1S/C25H22N2O2/c1-17-23(25(28)26-16-19-12-6-9-15-22(19)29-2)24(18-10-4-3-5-11-18)20-13-7-8-14-21(20)27-17/h3-15H,16H2,1-2H3,(H,26,28). The summed E-state index contributed by atoms with van der Waals surface area (Å²) in [6.45, 7) is 2.26. The Bertz CT molecular complexity index is 1170. The highest BCUT2D eigenvalue weighted by Crippen LogP contribution is 2.33. The molecule has 1 aromatic heterocycles. The number of benzene rings is 3. The molecule has 4 aromatic rings. The zero-order valence-corrected chi connectivity index (χ0v) is 16.5. The lowest BCUT2D eigenvalue weighted by molar-refractivity contribution is 0.0950. The number of aromatic nitrogens is 1. The van der Waals surface area contributed by atoms with Crippen molar-refractivity contribution < 1.29 is 9.53 Å². The molecule has 0 saturated heterocycles. The number of pyridine rings is 1. The van der Waals surface area contributed by atoms with Gasteiger partial charge < -0.3 is 10.1 Å². The van der Waals surface area contributed by atoms with E-state index in [4.69, 9.17) is 4.74 Å². The largest absolute Gasteiger partial charge is 0.496 e. The number of nitrogens with zero attached hydrogens (tertiary/aromatic N) is 1. The molecular formula is C25H22N2O2. The zero-order chi connectivity index (χ0) is 20.2. The molecule has 4 nitrogen and oxygen atoms in total. The van der Waals surface area contributed by atoms with Crippen LogP contribution in [0.2, 0.25) is 0 Å². The molecule has 4 heteroatoms. The number of hydrogen-bond donors (Lipinski definition) is 1. The maximum atomic E-state index is 13.3. The van der Waals surface area contributed by atoms with Crippen molar-refractivity contribution in [1.29, 1.82) is 0 Å². The molecule has 1 N–H and O–H groups in total. The summed E-state index contributed by atoms with van der Waals surface area (Å²) in [6, 6.07) is 25.6. The lowest BCUT2D eigenvalue weighted by Gasteiger charge is -2.16. The van der Waals surface area contributed by atoms with Crippen LogP contribution in [0, 0.1) is 6.92 Å². The average Bonchev–Trinajstić information content (AvgIpc) is 2.77. The number of hydrogen-bond acceptors (Lipinski definition) is 3. The molecule has 144 valence electrons. The predicted octanol–water partition coefficient (Wildman–Crippen LogP) is 5.15. The molecule has 0 bridgehead atoms. The van der Waals surface area contributed by atoms with Crippen molar-refractivity contribution in [3.63, 3.8) is 0 Å². The van der Waals surface area contributed by atoms with Crippen molar-refractivity contribution in [2.75, 3.05) is 7.11 Å². The fourth-order valence-electron chi connectivity index (χ4n) is 3.63. The fraction of sp³-hybridized carbons (Fsp3) is 0.120. The molecular weight excluding hydrogens is 360 g/mol. The van der Waals surface area contributed by atoms with Gasteiger partial charge in [0.05, 0.1) is 23.9 Å². The second kappa shape index (κ2) is 8.15. The van der Waals surface area contributed by atoms with Crippen LogP contribution in [-0.4, -0.2) is 18.0 Å². The average molecular weight is 382 g/mol. The van der Waals surface area contributed by atoms with Crippen LogP contribution < -0.4 is 10.1 Å². The summed E-state index contributed by atoms with van der Waals surface area (Å²) < 4.78 is 5.39. The van der Waals surface area contributed by atoms with Crippen molar-refractivity contribution in [1.82, 2.24) is 10.3 Å². The van der Waals surface area contributed by atoms with Gasteiger partial charge in [0.25, 0.3) is 5.91 Å². The third kappa shape index (κ3) is 3.69. The van der Waals surface area contributed by atoms with Gasteiger partial charge >= 0.3 is 0 Å². The van der Waals surface area contributed by atoms with Gasteiger partial charge in [0.15, 0.2) is 0 Å². The molecule has 0 fully saturated rings. The van der Waals surface area contributed by atoms with Crippen LogP contribution in [0.4, 0.5) is 0 Å². The van der Waals surface area contributed by atoms with Gasteiger partial charge in [-0.3, -0.25) is 9.78 Å². The second-order valence-electron chi connectivity index (χ2n) is 6.82. The lowest BCUT2D eigenvalue weighted by Crippen LogP contribution is -2.25. The maximum absolute atomic E-state index is 13.3. The van der Waals surface area contributed by atoms with E-state index in [0.717, 1.165) is 33.3 Å². The Morgan fingerprint density at radius 1 is 0.931 bits per heavy atom. The third-order valence-corrected chi connectivity index (χ3v) is 4.99. The monoisotopic (exact) mass is 382 g/mol. The number of aryl methyl sites for hydroxylation is 1. The summed E-state index contributed by atoms with van der Waals surface area (Å²) in [5.74, 6) is 0.606. The van der Waals surface area contributed by atoms with Crippen LogP contribution in [0.15, 0.2) is 78.9 Å². The SMILES string of the molecule is COc1ccccc1CNC(=O)c1c(C)nc2ccccc2c1-c1ccccc1. The minimum atomic E-state index is -0.148. The molecule has 29 heavy (non-hydrogen) atoms. The van der Waals surface area contributed by atoms with Gasteiger partial charge in [0, 0.05) is 23.1 Å². The van der Waals surface area contributed by atoms with Gasteiger partial charge in [-0.1, -0.05) is 66.7 Å². The van der Waals surface area contributed by atoms with E-state index in [1.54, 1.807) is 7.11 Å². The molecule has 0 atom stereocenters. The first-order chi connectivity index (χ1) is 14.2.